The predicted octanol–water partition coefficient (Wildman–Crippen LogP) is 2.87. The molecule has 0 bridgehead atoms. The molecule has 3 aromatic rings. The second-order valence-corrected chi connectivity index (χ2v) is 9.42. The van der Waals surface area contributed by atoms with Crippen molar-refractivity contribution in [3.05, 3.63) is 34.5 Å². The molecule has 2 fully saturated rings. The van der Waals surface area contributed by atoms with E-state index in [-0.39, 0.29) is 36.7 Å². The number of nitrogens with one attached hydrogen (secondary N) is 2. The van der Waals surface area contributed by atoms with Gasteiger partial charge < -0.3 is 20.3 Å². The number of carbonyl (C=O) groups is 1. The van der Waals surface area contributed by atoms with Gasteiger partial charge in [-0.2, -0.15) is 4.98 Å². The maximum absolute atomic E-state index is 13.7. The van der Waals surface area contributed by atoms with Gasteiger partial charge in [-0.3, -0.25) is 9.13 Å². The van der Waals surface area contributed by atoms with Crippen LogP contribution in [0.25, 0.3) is 11.0 Å². The number of hydrogen-bond acceptors (Lipinski definition) is 8. The average Bonchev–Trinajstić information content (AvgIpc) is 3.50. The van der Waals surface area contributed by atoms with Crippen molar-refractivity contribution in [3.8, 4) is 0 Å². The van der Waals surface area contributed by atoms with E-state index in [4.69, 9.17) is 4.74 Å². The lowest BCUT2D eigenvalue weighted by atomic mass is 10.2. The zero-order valence-electron chi connectivity index (χ0n) is 20.3. The second kappa shape index (κ2) is 9.03. The number of alkyl halides is 2. The van der Waals surface area contributed by atoms with Gasteiger partial charge in [-0.15, -0.1) is 0 Å². The topological polar surface area (TPSA) is 119 Å². The number of nitrogens with zero attached hydrogens (tertiary/aromatic N) is 6. The van der Waals surface area contributed by atoms with Gasteiger partial charge >= 0.3 is 11.8 Å². The molecule has 3 aromatic heterocycles. The molecular weight excluding hydrogens is 474 g/mol. The van der Waals surface area contributed by atoms with Gasteiger partial charge in [0, 0.05) is 49.9 Å². The fraction of sp³-hybridized carbons (Fsp3) is 0.522. The summed E-state index contributed by atoms with van der Waals surface area (Å²) >= 11 is 0. The van der Waals surface area contributed by atoms with Crippen LogP contribution in [-0.4, -0.2) is 62.3 Å². The van der Waals surface area contributed by atoms with E-state index in [1.54, 1.807) is 41.4 Å². The molecule has 2 atom stereocenters. The fourth-order valence-corrected chi connectivity index (χ4v) is 5.02. The van der Waals surface area contributed by atoms with Crippen molar-refractivity contribution >= 4 is 34.7 Å². The van der Waals surface area contributed by atoms with Gasteiger partial charge in [0.25, 0.3) is 5.92 Å². The SMILES string of the molecule is COC(=O)N[C@@H]1CC[C@@H](n2c(=O)n(C)c3cnc(Nc4cc(C)nc(N5CCC(F)(F)C5)n4)cc32)C1. The number of rotatable bonds is 5. The molecule has 192 valence electrons. The van der Waals surface area contributed by atoms with Crippen LogP contribution in [0, 0.1) is 6.92 Å². The van der Waals surface area contributed by atoms with Crippen LogP contribution < -0.4 is 21.2 Å². The number of ether oxygens (including phenoxy) is 1. The van der Waals surface area contributed by atoms with Gasteiger partial charge in [-0.05, 0) is 26.2 Å². The van der Waals surface area contributed by atoms with E-state index in [9.17, 15) is 18.4 Å². The Morgan fingerprint density at radius 3 is 2.72 bits per heavy atom. The Kier molecular flexibility index (Phi) is 6.00. The molecule has 36 heavy (non-hydrogen) atoms. The average molecular weight is 503 g/mol. The molecule has 1 aliphatic heterocycles. The summed E-state index contributed by atoms with van der Waals surface area (Å²) in [6, 6.07) is 3.31. The number of anilines is 3. The van der Waals surface area contributed by atoms with Gasteiger partial charge in [0.15, 0.2) is 0 Å². The lowest BCUT2D eigenvalue weighted by Gasteiger charge is -2.17. The number of aromatic nitrogens is 5. The van der Waals surface area contributed by atoms with Crippen molar-refractivity contribution in [1.82, 2.24) is 29.4 Å². The number of hydrogen-bond donors (Lipinski definition) is 2. The lowest BCUT2D eigenvalue weighted by molar-refractivity contribution is 0.0256. The number of alkyl carbamates (subject to hydrolysis) is 1. The predicted molar refractivity (Wildman–Crippen MR) is 129 cm³/mol. The highest BCUT2D eigenvalue weighted by molar-refractivity contribution is 5.79. The Labute approximate surface area is 205 Å². The lowest BCUT2D eigenvalue weighted by Crippen LogP contribution is -2.33. The molecule has 11 nitrogen and oxygen atoms in total. The Bertz CT molecular complexity index is 1370. The van der Waals surface area contributed by atoms with Crippen molar-refractivity contribution < 1.29 is 18.3 Å². The van der Waals surface area contributed by atoms with Crippen molar-refractivity contribution in [3.63, 3.8) is 0 Å². The number of methoxy groups -OCH3 is 1. The van der Waals surface area contributed by atoms with Gasteiger partial charge in [0.1, 0.15) is 11.6 Å². The zero-order chi connectivity index (χ0) is 25.6. The Hall–Kier alpha value is -3.77. The molecule has 0 aromatic carbocycles. The van der Waals surface area contributed by atoms with Gasteiger partial charge in [0.05, 0.1) is 30.9 Å². The molecule has 2 aliphatic rings. The summed E-state index contributed by atoms with van der Waals surface area (Å²) < 4.78 is 35.4. The van der Waals surface area contributed by atoms with E-state index >= 15 is 0 Å². The van der Waals surface area contributed by atoms with Crippen LogP contribution in [0.4, 0.5) is 31.2 Å². The highest BCUT2D eigenvalue weighted by Crippen LogP contribution is 2.33. The number of pyridine rings is 1. The summed E-state index contributed by atoms with van der Waals surface area (Å²) in [5, 5.41) is 5.95. The van der Waals surface area contributed by atoms with E-state index in [1.807, 2.05) is 0 Å². The first-order valence-corrected chi connectivity index (χ1v) is 11.8. The molecule has 4 heterocycles. The van der Waals surface area contributed by atoms with Crippen LogP contribution in [0.15, 0.2) is 23.1 Å². The molecule has 1 saturated heterocycles. The quantitative estimate of drug-likeness (QED) is 0.547. The third kappa shape index (κ3) is 4.56. The Balaban J connectivity index is 1.42. The fourth-order valence-electron chi connectivity index (χ4n) is 5.02. The Morgan fingerprint density at radius 2 is 2.00 bits per heavy atom. The molecule has 0 unspecified atom stereocenters. The summed E-state index contributed by atoms with van der Waals surface area (Å²) in [5.74, 6) is -1.63. The van der Waals surface area contributed by atoms with E-state index in [0.717, 1.165) is 12.8 Å². The smallest absolute Gasteiger partial charge is 0.407 e. The molecule has 0 radical (unpaired) electrons. The molecule has 0 spiro atoms. The van der Waals surface area contributed by atoms with Gasteiger partial charge in [0.2, 0.25) is 5.95 Å². The maximum atomic E-state index is 13.7. The van der Waals surface area contributed by atoms with Crippen LogP contribution in [-0.2, 0) is 11.8 Å². The van der Waals surface area contributed by atoms with Gasteiger partial charge in [-0.25, -0.2) is 28.3 Å². The first-order chi connectivity index (χ1) is 17.1. The van der Waals surface area contributed by atoms with Crippen molar-refractivity contribution in [2.75, 3.05) is 30.4 Å². The maximum Gasteiger partial charge on any atom is 0.407 e. The third-order valence-corrected chi connectivity index (χ3v) is 6.80. The highest BCUT2D eigenvalue weighted by Gasteiger charge is 2.39. The number of amides is 1. The minimum absolute atomic E-state index is 0.0792. The summed E-state index contributed by atoms with van der Waals surface area (Å²) in [7, 11) is 3.02. The minimum atomic E-state index is -2.75. The zero-order valence-corrected chi connectivity index (χ0v) is 20.3. The molecule has 1 amide bonds. The monoisotopic (exact) mass is 502 g/mol. The van der Waals surface area contributed by atoms with E-state index < -0.39 is 18.6 Å². The first kappa shape index (κ1) is 23.9. The van der Waals surface area contributed by atoms with Crippen molar-refractivity contribution in [1.29, 1.82) is 0 Å². The van der Waals surface area contributed by atoms with E-state index in [0.29, 0.717) is 34.8 Å². The Morgan fingerprint density at radius 1 is 1.19 bits per heavy atom. The molecule has 1 aliphatic carbocycles. The van der Waals surface area contributed by atoms with Crippen LogP contribution >= 0.6 is 0 Å². The summed E-state index contributed by atoms with van der Waals surface area (Å²) in [6.45, 7) is 1.54. The van der Waals surface area contributed by atoms with Crippen LogP contribution in [0.5, 0.6) is 0 Å². The third-order valence-electron chi connectivity index (χ3n) is 6.80. The number of aryl methyl sites for hydroxylation is 2. The van der Waals surface area contributed by atoms with Crippen LogP contribution in [0.3, 0.4) is 0 Å². The standard InChI is InChI=1S/C23H28F2N8O3/c1-13-8-19(30-20(27-13)32-7-6-23(24,25)12-32)29-18-10-16-17(11-26-18)31(2)22(35)33(16)15-5-4-14(9-15)28-21(34)36-3/h8,10-11,14-15H,4-7,9,12H2,1-3H3,(H,28,34)(H,26,27,29,30)/t14-,15-/m1/s1. The minimum Gasteiger partial charge on any atom is -0.453 e. The molecule has 13 heteroatoms. The molecule has 1 saturated carbocycles. The first-order valence-electron chi connectivity index (χ1n) is 11.8. The van der Waals surface area contributed by atoms with Crippen LogP contribution in [0.1, 0.15) is 37.4 Å². The summed E-state index contributed by atoms with van der Waals surface area (Å²) in [4.78, 5) is 39.4. The number of imidazole rings is 1. The highest BCUT2D eigenvalue weighted by atomic mass is 19.3. The van der Waals surface area contributed by atoms with E-state index in [1.165, 1.54) is 12.0 Å². The van der Waals surface area contributed by atoms with Crippen molar-refractivity contribution in [2.24, 2.45) is 7.05 Å². The summed E-state index contributed by atoms with van der Waals surface area (Å²) in [6.07, 6.45) is 2.97. The van der Waals surface area contributed by atoms with E-state index in [2.05, 4.69) is 25.6 Å². The van der Waals surface area contributed by atoms with Gasteiger partial charge in [-0.1, -0.05) is 0 Å². The molecule has 5 rings (SSSR count). The van der Waals surface area contributed by atoms with Crippen LogP contribution in [0.2, 0.25) is 0 Å². The molecule has 2 N–H and O–H groups in total. The number of carbonyl (C=O) groups excluding carboxylic acids is 1. The molecular formula is C23H28F2N8O3. The second-order valence-electron chi connectivity index (χ2n) is 9.42. The summed E-state index contributed by atoms with van der Waals surface area (Å²) in [5.41, 5.74) is 1.84. The number of halogens is 2. The number of fused-ring (bicyclic) bond motifs is 1. The normalized spacial score (nSPS) is 21.2. The van der Waals surface area contributed by atoms with Crippen molar-refractivity contribution in [2.45, 2.75) is 50.6 Å². The largest absolute Gasteiger partial charge is 0.453 e.